The summed E-state index contributed by atoms with van der Waals surface area (Å²) in [4.78, 5) is 0. The second-order valence-corrected chi connectivity index (χ2v) is 5.32. The molecule has 2 aromatic heterocycles. The highest BCUT2D eigenvalue weighted by atomic mass is 19.4. The van der Waals surface area contributed by atoms with Crippen molar-refractivity contribution >= 4 is 11.5 Å². The zero-order chi connectivity index (χ0) is 17.9. The molecule has 0 aliphatic carbocycles. The minimum atomic E-state index is -4.61. The van der Waals surface area contributed by atoms with Gasteiger partial charge in [-0.3, -0.25) is 0 Å². The second-order valence-electron chi connectivity index (χ2n) is 5.32. The first kappa shape index (κ1) is 17.2. The van der Waals surface area contributed by atoms with Gasteiger partial charge in [-0.1, -0.05) is 24.3 Å². The fraction of sp³-hybridized carbons (Fsp3) is 0.312. The van der Waals surface area contributed by atoms with E-state index >= 15 is 0 Å². The smallest absolute Gasteiger partial charge is 0.377 e. The molecule has 6 nitrogen and oxygen atoms in total. The summed E-state index contributed by atoms with van der Waals surface area (Å²) >= 11 is 0. The summed E-state index contributed by atoms with van der Waals surface area (Å²) in [5, 5.41) is 13.5. The predicted octanol–water partition coefficient (Wildman–Crippen LogP) is 3.29. The molecule has 0 amide bonds. The highest BCUT2D eigenvalue weighted by molar-refractivity contribution is 5.44. The number of halogens is 3. The van der Waals surface area contributed by atoms with Crippen LogP contribution < -0.4 is 5.32 Å². The largest absolute Gasteiger partial charge is 0.453 e. The molecule has 2 heterocycles. The number of anilines is 1. The van der Waals surface area contributed by atoms with E-state index in [0.717, 1.165) is 11.1 Å². The lowest BCUT2D eigenvalue weighted by Crippen LogP contribution is -2.13. The molecule has 0 spiro atoms. The molecule has 0 fully saturated rings. The summed E-state index contributed by atoms with van der Waals surface area (Å²) < 4.78 is 44.6. The van der Waals surface area contributed by atoms with Gasteiger partial charge in [-0.15, -0.1) is 15.3 Å². The Kier molecular flexibility index (Phi) is 4.84. The van der Waals surface area contributed by atoms with Crippen LogP contribution in [0.3, 0.4) is 0 Å². The third-order valence-electron chi connectivity index (χ3n) is 3.49. The van der Waals surface area contributed by atoms with E-state index in [1.165, 1.54) is 6.07 Å². The van der Waals surface area contributed by atoms with Crippen molar-refractivity contribution in [3.05, 3.63) is 53.3 Å². The van der Waals surface area contributed by atoms with Gasteiger partial charge in [-0.25, -0.2) is 0 Å². The van der Waals surface area contributed by atoms with Crippen LogP contribution in [0.1, 0.15) is 23.9 Å². The molecule has 0 unspecified atom stereocenters. The Balaban J connectivity index is 1.70. The van der Waals surface area contributed by atoms with Gasteiger partial charge in [-0.05, 0) is 30.2 Å². The molecule has 0 radical (unpaired) electrons. The molecule has 25 heavy (non-hydrogen) atoms. The third kappa shape index (κ3) is 4.05. The molecule has 9 heteroatoms. The normalized spacial score (nSPS) is 11.8. The summed E-state index contributed by atoms with van der Waals surface area (Å²) in [6.07, 6.45) is -4.61. The zero-order valence-corrected chi connectivity index (χ0v) is 13.4. The second kappa shape index (κ2) is 7.06. The van der Waals surface area contributed by atoms with E-state index in [4.69, 9.17) is 4.74 Å². The first-order valence-corrected chi connectivity index (χ1v) is 7.66. The summed E-state index contributed by atoms with van der Waals surface area (Å²) in [6, 6.07) is 10.8. The maximum absolute atomic E-state index is 12.9. The molecule has 1 N–H and O–H groups in total. The van der Waals surface area contributed by atoms with Crippen LogP contribution in [-0.4, -0.2) is 26.4 Å². The Morgan fingerprint density at radius 2 is 1.76 bits per heavy atom. The number of nitrogens with one attached hydrogen (secondary N) is 1. The number of fused-ring (bicyclic) bond motifs is 1. The lowest BCUT2D eigenvalue weighted by atomic mass is 10.1. The summed E-state index contributed by atoms with van der Waals surface area (Å²) in [5.41, 5.74) is 2.07. The molecule has 1 aromatic carbocycles. The molecular weight excluding hydrogens is 335 g/mol. The van der Waals surface area contributed by atoms with E-state index in [1.54, 1.807) is 6.07 Å². The number of aromatic nitrogens is 4. The fourth-order valence-corrected chi connectivity index (χ4v) is 2.23. The first-order valence-electron chi connectivity index (χ1n) is 7.66. The van der Waals surface area contributed by atoms with E-state index in [9.17, 15) is 13.2 Å². The van der Waals surface area contributed by atoms with Crippen molar-refractivity contribution in [2.24, 2.45) is 0 Å². The van der Waals surface area contributed by atoms with Gasteiger partial charge in [0.2, 0.25) is 0 Å². The van der Waals surface area contributed by atoms with Gasteiger partial charge in [0.1, 0.15) is 5.82 Å². The summed E-state index contributed by atoms with van der Waals surface area (Å²) in [7, 11) is 0. The number of nitrogens with zero attached hydrogens (tertiary/aromatic N) is 4. The van der Waals surface area contributed by atoms with Crippen molar-refractivity contribution in [2.45, 2.75) is 26.3 Å². The fourth-order valence-electron chi connectivity index (χ4n) is 2.23. The van der Waals surface area contributed by atoms with Crippen LogP contribution in [0.5, 0.6) is 0 Å². The molecule has 0 aliphatic heterocycles. The van der Waals surface area contributed by atoms with Crippen LogP contribution in [0.2, 0.25) is 0 Å². The van der Waals surface area contributed by atoms with Gasteiger partial charge in [0.05, 0.1) is 6.61 Å². The predicted molar refractivity (Wildman–Crippen MR) is 84.9 cm³/mol. The van der Waals surface area contributed by atoms with Crippen LogP contribution in [0.25, 0.3) is 5.65 Å². The molecule has 3 rings (SSSR count). The SMILES string of the molecule is CCOCc1ccc(CNc2ccc3nnc(C(F)(F)F)n3n2)cc1. The summed E-state index contributed by atoms with van der Waals surface area (Å²) in [5.74, 6) is -0.845. The lowest BCUT2D eigenvalue weighted by molar-refractivity contribution is -0.146. The van der Waals surface area contributed by atoms with Gasteiger partial charge in [0, 0.05) is 13.2 Å². The van der Waals surface area contributed by atoms with Crippen molar-refractivity contribution < 1.29 is 17.9 Å². The minimum Gasteiger partial charge on any atom is -0.377 e. The van der Waals surface area contributed by atoms with Gasteiger partial charge in [0.25, 0.3) is 5.82 Å². The van der Waals surface area contributed by atoms with Gasteiger partial charge >= 0.3 is 6.18 Å². The van der Waals surface area contributed by atoms with Crippen molar-refractivity contribution in [1.29, 1.82) is 0 Å². The van der Waals surface area contributed by atoms with E-state index in [-0.39, 0.29) is 5.65 Å². The van der Waals surface area contributed by atoms with Crippen LogP contribution in [0.4, 0.5) is 19.0 Å². The van der Waals surface area contributed by atoms with Crippen LogP contribution in [-0.2, 0) is 24.1 Å². The molecule has 3 aromatic rings. The monoisotopic (exact) mass is 351 g/mol. The van der Waals surface area contributed by atoms with Crippen LogP contribution in [0.15, 0.2) is 36.4 Å². The highest BCUT2D eigenvalue weighted by Crippen LogP contribution is 2.27. The number of benzene rings is 1. The van der Waals surface area contributed by atoms with Crippen molar-refractivity contribution in [3.8, 4) is 0 Å². The van der Waals surface area contributed by atoms with Crippen molar-refractivity contribution in [2.75, 3.05) is 11.9 Å². The first-order chi connectivity index (χ1) is 12.0. The van der Waals surface area contributed by atoms with E-state index < -0.39 is 12.0 Å². The van der Waals surface area contributed by atoms with E-state index in [0.29, 0.717) is 30.1 Å². The standard InChI is InChI=1S/C16H16F3N5O/c1-2-25-10-12-5-3-11(4-6-12)9-20-13-7-8-14-21-22-15(16(17,18)19)24(14)23-13/h3-8H,2,9-10H2,1H3,(H,20,23). The summed E-state index contributed by atoms with van der Waals surface area (Å²) in [6.45, 7) is 3.57. The third-order valence-corrected chi connectivity index (χ3v) is 3.49. The molecule has 132 valence electrons. The molecule has 0 aliphatic rings. The Bertz CT molecular complexity index is 845. The number of rotatable bonds is 6. The van der Waals surface area contributed by atoms with Crippen LogP contribution >= 0.6 is 0 Å². The number of ether oxygens (including phenoxy) is 1. The Morgan fingerprint density at radius 1 is 1.04 bits per heavy atom. The van der Waals surface area contributed by atoms with Gasteiger partial charge < -0.3 is 10.1 Å². The van der Waals surface area contributed by atoms with Gasteiger partial charge in [0.15, 0.2) is 5.65 Å². The molecule has 0 saturated carbocycles. The van der Waals surface area contributed by atoms with Crippen molar-refractivity contribution in [1.82, 2.24) is 19.8 Å². The molecular formula is C16H16F3N5O. The Hall–Kier alpha value is -2.68. The molecule has 0 saturated heterocycles. The Labute approximate surface area is 141 Å². The van der Waals surface area contributed by atoms with E-state index in [1.807, 2.05) is 31.2 Å². The van der Waals surface area contributed by atoms with Crippen molar-refractivity contribution in [3.63, 3.8) is 0 Å². The van der Waals surface area contributed by atoms with Gasteiger partial charge in [-0.2, -0.15) is 17.7 Å². The maximum Gasteiger partial charge on any atom is 0.453 e. The average Bonchev–Trinajstić information content (AvgIpc) is 3.02. The highest BCUT2D eigenvalue weighted by Gasteiger charge is 2.37. The number of hydrogen-bond donors (Lipinski definition) is 1. The molecule has 0 bridgehead atoms. The maximum atomic E-state index is 12.9. The lowest BCUT2D eigenvalue weighted by Gasteiger charge is -2.08. The topological polar surface area (TPSA) is 64.3 Å². The number of alkyl halides is 3. The zero-order valence-electron chi connectivity index (χ0n) is 13.4. The molecule has 0 atom stereocenters. The van der Waals surface area contributed by atoms with Crippen LogP contribution in [0, 0.1) is 0 Å². The van der Waals surface area contributed by atoms with E-state index in [2.05, 4.69) is 20.6 Å². The minimum absolute atomic E-state index is 0.0400. The Morgan fingerprint density at radius 3 is 2.44 bits per heavy atom. The average molecular weight is 351 g/mol. The number of hydrogen-bond acceptors (Lipinski definition) is 5. The quantitative estimate of drug-likeness (QED) is 0.738.